The second-order valence-electron chi connectivity index (χ2n) is 5.95. The number of nitrogens with one attached hydrogen (secondary N) is 2. The van der Waals surface area contributed by atoms with Gasteiger partial charge in [-0.25, -0.2) is 0 Å². The molecule has 3 N–H and O–H groups in total. The highest BCUT2D eigenvalue weighted by atomic mass is 16.4. The highest BCUT2D eigenvalue weighted by molar-refractivity contribution is 5.90. The summed E-state index contributed by atoms with van der Waals surface area (Å²) < 4.78 is 0. The molecule has 5 nitrogen and oxygen atoms in total. The van der Waals surface area contributed by atoms with Crippen LogP contribution in [-0.4, -0.2) is 47.8 Å². The molecule has 19 heavy (non-hydrogen) atoms. The fourth-order valence-corrected chi connectivity index (χ4v) is 1.55. The molecule has 0 aromatic carbocycles. The second kappa shape index (κ2) is 7.60. The van der Waals surface area contributed by atoms with Crippen LogP contribution in [0.2, 0.25) is 0 Å². The summed E-state index contributed by atoms with van der Waals surface area (Å²) in [4.78, 5) is 4.23. The molecule has 0 saturated carbocycles. The van der Waals surface area contributed by atoms with Crippen molar-refractivity contribution in [3.63, 3.8) is 0 Å². The highest BCUT2D eigenvalue weighted by Crippen LogP contribution is 2.06. The van der Waals surface area contributed by atoms with Gasteiger partial charge in [-0.05, 0) is 61.1 Å². The summed E-state index contributed by atoms with van der Waals surface area (Å²) in [6.45, 7) is 13.9. The van der Waals surface area contributed by atoms with E-state index < -0.39 is 0 Å². The van der Waals surface area contributed by atoms with E-state index in [2.05, 4.69) is 34.6 Å². The van der Waals surface area contributed by atoms with Gasteiger partial charge >= 0.3 is 0 Å². The van der Waals surface area contributed by atoms with E-state index in [9.17, 15) is 0 Å². The normalized spacial score (nSPS) is 14.9. The van der Waals surface area contributed by atoms with Gasteiger partial charge in [-0.3, -0.25) is 4.99 Å². The van der Waals surface area contributed by atoms with Gasteiger partial charge in [-0.1, -0.05) is 5.16 Å². The fourth-order valence-electron chi connectivity index (χ4n) is 1.55. The predicted octanol–water partition coefficient (Wildman–Crippen LogP) is 2.05. The van der Waals surface area contributed by atoms with Crippen molar-refractivity contribution < 1.29 is 5.21 Å². The van der Waals surface area contributed by atoms with Crippen LogP contribution in [0, 0.1) is 0 Å². The topological polar surface area (TPSA) is 69.0 Å². The molecular formula is C14H30N4O. The third-order valence-corrected chi connectivity index (χ3v) is 3.78. The minimum Gasteiger partial charge on any atom is -0.411 e. The molecule has 0 bridgehead atoms. The van der Waals surface area contributed by atoms with Gasteiger partial charge in [0, 0.05) is 12.8 Å². The molecule has 0 aliphatic heterocycles. The van der Waals surface area contributed by atoms with Crippen LogP contribution < -0.4 is 10.6 Å². The van der Waals surface area contributed by atoms with E-state index in [1.54, 1.807) is 0 Å². The molecule has 5 heteroatoms. The molecule has 0 fully saturated rings. The average molecular weight is 270 g/mol. The summed E-state index contributed by atoms with van der Waals surface area (Å²) in [7, 11) is 1.82. The van der Waals surface area contributed by atoms with Crippen molar-refractivity contribution >= 4 is 11.4 Å². The number of rotatable bonds is 8. The van der Waals surface area contributed by atoms with Crippen molar-refractivity contribution in [2.75, 3.05) is 20.1 Å². The van der Waals surface area contributed by atoms with Crippen LogP contribution in [0.1, 0.15) is 48.0 Å². The minimum atomic E-state index is -0.273. The quantitative estimate of drug-likeness (QED) is 0.274. The van der Waals surface area contributed by atoms with E-state index in [1.807, 2.05) is 34.7 Å². The zero-order valence-electron chi connectivity index (χ0n) is 13.5. The summed E-state index contributed by atoms with van der Waals surface area (Å²) in [6.07, 6.45) is 1.00. The zero-order chi connectivity index (χ0) is 15.1. The van der Waals surface area contributed by atoms with Crippen molar-refractivity contribution in [1.82, 2.24) is 10.6 Å². The van der Waals surface area contributed by atoms with Gasteiger partial charge in [-0.2, -0.15) is 0 Å². The monoisotopic (exact) mass is 270 g/mol. The summed E-state index contributed by atoms with van der Waals surface area (Å²) in [5, 5.41) is 18.9. The Morgan fingerprint density at radius 3 is 1.74 bits per heavy atom. The molecule has 0 aromatic rings. The van der Waals surface area contributed by atoms with Crippen LogP contribution in [0.15, 0.2) is 10.1 Å². The molecule has 0 saturated heterocycles. The van der Waals surface area contributed by atoms with E-state index in [0.717, 1.165) is 25.2 Å². The Kier molecular flexibility index (Phi) is 7.23. The SMILES string of the molecule is CN=C(C)C(C)(C)NCCCNC(C)(C)/C(C)=N\O. The van der Waals surface area contributed by atoms with Crippen molar-refractivity contribution in [2.45, 2.75) is 59.0 Å². The standard InChI is InChI=1S/C14H30N4O/c1-11(15-7)13(3,4)16-9-8-10-17-14(5,6)12(2)18-19/h16-17,19H,8-10H2,1-7H3/b15-11?,18-12-. The molecule has 0 aromatic heterocycles. The molecule has 112 valence electrons. The fraction of sp³-hybridized carbons (Fsp3) is 0.857. The average Bonchev–Trinajstić information content (AvgIpc) is 2.35. The summed E-state index contributed by atoms with van der Waals surface area (Å²) in [5.74, 6) is 0. The maximum Gasteiger partial charge on any atom is 0.0734 e. The Hall–Kier alpha value is -0.940. The maximum atomic E-state index is 8.79. The largest absolute Gasteiger partial charge is 0.411 e. The summed E-state index contributed by atoms with van der Waals surface area (Å²) >= 11 is 0. The first kappa shape index (κ1) is 18.1. The zero-order valence-corrected chi connectivity index (χ0v) is 13.5. The van der Waals surface area contributed by atoms with Crippen molar-refractivity contribution in [3.05, 3.63) is 0 Å². The van der Waals surface area contributed by atoms with Crippen LogP contribution >= 0.6 is 0 Å². The predicted molar refractivity (Wildman–Crippen MR) is 82.7 cm³/mol. The lowest BCUT2D eigenvalue weighted by Crippen LogP contribution is -2.48. The van der Waals surface area contributed by atoms with Gasteiger partial charge in [0.2, 0.25) is 0 Å². The third kappa shape index (κ3) is 6.16. The maximum absolute atomic E-state index is 8.79. The van der Waals surface area contributed by atoms with Gasteiger partial charge in [0.15, 0.2) is 0 Å². The number of oxime groups is 1. The number of nitrogens with zero attached hydrogens (tertiary/aromatic N) is 2. The number of aliphatic imine (C=N–C) groups is 1. The summed E-state index contributed by atoms with van der Waals surface area (Å²) in [6, 6.07) is 0. The molecule has 0 amide bonds. The molecule has 0 unspecified atom stereocenters. The Balaban J connectivity index is 4.02. The van der Waals surface area contributed by atoms with Gasteiger partial charge in [0.25, 0.3) is 0 Å². The minimum absolute atomic E-state index is 0.0628. The molecule has 0 aliphatic rings. The van der Waals surface area contributed by atoms with Gasteiger partial charge < -0.3 is 15.8 Å². The van der Waals surface area contributed by atoms with Crippen LogP contribution in [0.5, 0.6) is 0 Å². The van der Waals surface area contributed by atoms with Crippen molar-refractivity contribution in [3.8, 4) is 0 Å². The van der Waals surface area contributed by atoms with Crippen LogP contribution in [0.3, 0.4) is 0 Å². The highest BCUT2D eigenvalue weighted by Gasteiger charge is 2.22. The molecule has 0 heterocycles. The first-order valence-electron chi connectivity index (χ1n) is 6.80. The lowest BCUT2D eigenvalue weighted by Gasteiger charge is -2.28. The van der Waals surface area contributed by atoms with Crippen LogP contribution in [-0.2, 0) is 0 Å². The molecule has 0 spiro atoms. The molecule has 0 radical (unpaired) electrons. The first-order chi connectivity index (χ1) is 8.67. The lowest BCUT2D eigenvalue weighted by atomic mass is 9.98. The molecule has 0 rings (SSSR count). The smallest absolute Gasteiger partial charge is 0.0734 e. The summed E-state index contributed by atoms with van der Waals surface area (Å²) in [5.41, 5.74) is 1.46. The molecule has 0 aliphatic carbocycles. The Morgan fingerprint density at radius 1 is 0.947 bits per heavy atom. The second-order valence-corrected chi connectivity index (χ2v) is 5.95. The van der Waals surface area contributed by atoms with Gasteiger partial charge in [0.05, 0.1) is 16.8 Å². The number of hydrogen-bond donors (Lipinski definition) is 3. The lowest BCUT2D eigenvalue weighted by molar-refractivity contribution is 0.310. The van der Waals surface area contributed by atoms with Crippen molar-refractivity contribution in [1.29, 1.82) is 0 Å². The van der Waals surface area contributed by atoms with E-state index in [1.165, 1.54) is 0 Å². The van der Waals surface area contributed by atoms with E-state index in [0.29, 0.717) is 5.71 Å². The van der Waals surface area contributed by atoms with Gasteiger partial charge in [0.1, 0.15) is 0 Å². The van der Waals surface area contributed by atoms with Crippen LogP contribution in [0.4, 0.5) is 0 Å². The third-order valence-electron chi connectivity index (χ3n) is 3.78. The van der Waals surface area contributed by atoms with Crippen LogP contribution in [0.25, 0.3) is 0 Å². The first-order valence-corrected chi connectivity index (χ1v) is 6.80. The Labute approximate surface area is 117 Å². The molecule has 0 atom stereocenters. The molecular weight excluding hydrogens is 240 g/mol. The Bertz CT molecular complexity index is 300. The number of hydrogen-bond acceptors (Lipinski definition) is 5. The Morgan fingerprint density at radius 2 is 1.37 bits per heavy atom. The van der Waals surface area contributed by atoms with Crippen molar-refractivity contribution in [2.24, 2.45) is 10.1 Å². The van der Waals surface area contributed by atoms with Gasteiger partial charge in [-0.15, -0.1) is 0 Å². The van der Waals surface area contributed by atoms with E-state index in [4.69, 9.17) is 5.21 Å². The van der Waals surface area contributed by atoms with E-state index in [-0.39, 0.29) is 11.1 Å². The van der Waals surface area contributed by atoms with E-state index >= 15 is 0 Å².